The molecular formula is C6H10N2O. The summed E-state index contributed by atoms with van der Waals surface area (Å²) < 4.78 is 0. The van der Waals surface area contributed by atoms with E-state index in [0.717, 1.165) is 6.42 Å². The molecular weight excluding hydrogens is 116 g/mol. The zero-order chi connectivity index (χ0) is 6.91. The normalized spacial score (nSPS) is 23.6. The topological polar surface area (TPSA) is 41.5 Å². The van der Waals surface area contributed by atoms with Gasteiger partial charge in [-0.05, 0) is 6.42 Å². The summed E-state index contributed by atoms with van der Waals surface area (Å²) in [5.74, 6) is 0.00463. The van der Waals surface area contributed by atoms with Gasteiger partial charge in [0.25, 0.3) is 0 Å². The molecule has 1 rings (SSSR count). The molecule has 0 spiro atoms. The molecule has 0 atom stereocenters. The number of hydrogen-bond donors (Lipinski definition) is 1. The Bertz CT molecular complexity index is 160. The van der Waals surface area contributed by atoms with Crippen molar-refractivity contribution in [2.75, 3.05) is 0 Å². The zero-order valence-corrected chi connectivity index (χ0v) is 5.64. The first-order chi connectivity index (χ1) is 4.13. The molecule has 0 bridgehead atoms. The van der Waals surface area contributed by atoms with Crippen LogP contribution >= 0.6 is 0 Å². The minimum Gasteiger partial charge on any atom is -0.273 e. The maximum Gasteiger partial charge on any atom is 0.246 e. The Balaban J connectivity index is 2.76. The highest BCUT2D eigenvalue weighted by Gasteiger charge is 2.28. The molecule has 0 saturated carbocycles. The number of hydrogen-bond acceptors (Lipinski definition) is 2. The average molecular weight is 126 g/mol. The van der Waals surface area contributed by atoms with E-state index in [-0.39, 0.29) is 11.3 Å². The molecule has 1 amide bonds. The van der Waals surface area contributed by atoms with Crippen LogP contribution in [0.2, 0.25) is 0 Å². The molecule has 9 heavy (non-hydrogen) atoms. The highest BCUT2D eigenvalue weighted by atomic mass is 16.2. The van der Waals surface area contributed by atoms with Gasteiger partial charge in [0.05, 0.1) is 5.41 Å². The molecule has 0 aromatic heterocycles. The first-order valence-electron chi connectivity index (χ1n) is 2.95. The van der Waals surface area contributed by atoms with Crippen LogP contribution in [0.25, 0.3) is 0 Å². The van der Waals surface area contributed by atoms with E-state index in [1.54, 1.807) is 6.21 Å². The van der Waals surface area contributed by atoms with Crippen molar-refractivity contribution in [2.45, 2.75) is 20.3 Å². The molecule has 1 aliphatic heterocycles. The van der Waals surface area contributed by atoms with Crippen LogP contribution in [0.1, 0.15) is 20.3 Å². The Morgan fingerprint density at radius 1 is 1.78 bits per heavy atom. The van der Waals surface area contributed by atoms with Crippen LogP contribution in [0.5, 0.6) is 0 Å². The molecule has 3 nitrogen and oxygen atoms in total. The molecule has 50 valence electrons. The van der Waals surface area contributed by atoms with E-state index >= 15 is 0 Å². The van der Waals surface area contributed by atoms with Gasteiger partial charge in [0.1, 0.15) is 0 Å². The summed E-state index contributed by atoms with van der Waals surface area (Å²) >= 11 is 0. The van der Waals surface area contributed by atoms with E-state index in [1.807, 2.05) is 13.8 Å². The summed E-state index contributed by atoms with van der Waals surface area (Å²) in [5.41, 5.74) is 2.14. The van der Waals surface area contributed by atoms with Crippen LogP contribution in [0.15, 0.2) is 5.10 Å². The largest absolute Gasteiger partial charge is 0.273 e. The first kappa shape index (κ1) is 6.26. The fourth-order valence-corrected chi connectivity index (χ4v) is 0.622. The summed E-state index contributed by atoms with van der Waals surface area (Å²) in [4.78, 5) is 10.9. The highest BCUT2D eigenvalue weighted by Crippen LogP contribution is 2.20. The third-order valence-corrected chi connectivity index (χ3v) is 1.47. The lowest BCUT2D eigenvalue weighted by atomic mass is 9.88. The monoisotopic (exact) mass is 126 g/mol. The van der Waals surface area contributed by atoms with Gasteiger partial charge in [0, 0.05) is 6.21 Å². The van der Waals surface area contributed by atoms with E-state index < -0.39 is 0 Å². The zero-order valence-electron chi connectivity index (χ0n) is 5.64. The standard InChI is InChI=1S/C6H10N2O/c1-6(2)3-4-7-8-5(6)9/h4H,3H2,1-2H3,(H,8,9). The summed E-state index contributed by atoms with van der Waals surface area (Å²) in [7, 11) is 0. The Morgan fingerprint density at radius 2 is 2.44 bits per heavy atom. The SMILES string of the molecule is CC1(C)CC=NNC1=O. The predicted octanol–water partition coefficient (Wildman–Crippen LogP) is 0.518. The van der Waals surface area contributed by atoms with Crippen LogP contribution in [0, 0.1) is 5.41 Å². The van der Waals surface area contributed by atoms with Gasteiger partial charge in [-0.15, -0.1) is 0 Å². The maximum absolute atomic E-state index is 10.9. The Kier molecular flexibility index (Phi) is 1.27. The van der Waals surface area contributed by atoms with Gasteiger partial charge in [0.15, 0.2) is 0 Å². The lowest BCUT2D eigenvalue weighted by Crippen LogP contribution is -2.37. The summed E-state index contributed by atoms with van der Waals surface area (Å²) in [5, 5.41) is 3.63. The Hall–Kier alpha value is -0.860. The molecule has 1 aliphatic rings. The van der Waals surface area contributed by atoms with Crippen molar-refractivity contribution in [1.82, 2.24) is 5.43 Å². The minimum atomic E-state index is -0.262. The van der Waals surface area contributed by atoms with Gasteiger partial charge in [-0.2, -0.15) is 5.10 Å². The fraction of sp³-hybridized carbons (Fsp3) is 0.667. The van der Waals surface area contributed by atoms with Crippen molar-refractivity contribution in [3.63, 3.8) is 0 Å². The van der Waals surface area contributed by atoms with Gasteiger partial charge in [-0.3, -0.25) is 4.79 Å². The molecule has 0 radical (unpaired) electrons. The van der Waals surface area contributed by atoms with Crippen molar-refractivity contribution in [3.05, 3.63) is 0 Å². The van der Waals surface area contributed by atoms with Gasteiger partial charge >= 0.3 is 0 Å². The number of nitrogens with one attached hydrogen (secondary N) is 1. The highest BCUT2D eigenvalue weighted by molar-refractivity contribution is 5.87. The molecule has 0 aromatic rings. The molecule has 1 heterocycles. The van der Waals surface area contributed by atoms with Crippen LogP contribution in [-0.4, -0.2) is 12.1 Å². The number of nitrogens with zero attached hydrogens (tertiary/aromatic N) is 1. The van der Waals surface area contributed by atoms with Crippen molar-refractivity contribution in [1.29, 1.82) is 0 Å². The number of amides is 1. The lowest BCUT2D eigenvalue weighted by molar-refractivity contribution is -0.129. The lowest BCUT2D eigenvalue weighted by Gasteiger charge is -2.22. The molecule has 0 fully saturated rings. The van der Waals surface area contributed by atoms with Crippen LogP contribution in [-0.2, 0) is 4.79 Å². The van der Waals surface area contributed by atoms with Crippen LogP contribution < -0.4 is 5.43 Å². The van der Waals surface area contributed by atoms with Gasteiger partial charge in [-0.1, -0.05) is 13.8 Å². The minimum absolute atomic E-state index is 0.00463. The second kappa shape index (κ2) is 1.83. The van der Waals surface area contributed by atoms with Crippen molar-refractivity contribution in [3.8, 4) is 0 Å². The third kappa shape index (κ3) is 1.09. The summed E-state index contributed by atoms with van der Waals surface area (Å²) in [6, 6.07) is 0. The van der Waals surface area contributed by atoms with Crippen molar-refractivity contribution >= 4 is 12.1 Å². The summed E-state index contributed by atoms with van der Waals surface area (Å²) in [6.07, 6.45) is 2.46. The molecule has 0 aromatic carbocycles. The van der Waals surface area contributed by atoms with Crippen LogP contribution in [0.4, 0.5) is 0 Å². The van der Waals surface area contributed by atoms with E-state index in [2.05, 4.69) is 10.5 Å². The number of carbonyl (C=O) groups excluding carboxylic acids is 1. The molecule has 3 heteroatoms. The second-order valence-corrected chi connectivity index (χ2v) is 2.84. The van der Waals surface area contributed by atoms with Gasteiger partial charge in [0.2, 0.25) is 5.91 Å². The smallest absolute Gasteiger partial charge is 0.246 e. The number of rotatable bonds is 0. The van der Waals surface area contributed by atoms with Gasteiger partial charge in [-0.25, -0.2) is 5.43 Å². The van der Waals surface area contributed by atoms with E-state index in [4.69, 9.17) is 0 Å². The van der Waals surface area contributed by atoms with E-state index in [0.29, 0.717) is 0 Å². The Morgan fingerprint density at radius 3 is 2.78 bits per heavy atom. The van der Waals surface area contributed by atoms with Gasteiger partial charge < -0.3 is 0 Å². The van der Waals surface area contributed by atoms with Crippen molar-refractivity contribution < 1.29 is 4.79 Å². The van der Waals surface area contributed by atoms with Crippen LogP contribution in [0.3, 0.4) is 0 Å². The fourth-order valence-electron chi connectivity index (χ4n) is 0.622. The average Bonchev–Trinajstić information content (AvgIpc) is 1.77. The quantitative estimate of drug-likeness (QED) is 0.505. The van der Waals surface area contributed by atoms with Crippen molar-refractivity contribution in [2.24, 2.45) is 10.5 Å². The third-order valence-electron chi connectivity index (χ3n) is 1.47. The first-order valence-corrected chi connectivity index (χ1v) is 2.95. The Labute approximate surface area is 54.1 Å². The summed E-state index contributed by atoms with van der Waals surface area (Å²) in [6.45, 7) is 3.79. The molecule has 0 unspecified atom stereocenters. The number of carbonyl (C=O) groups is 1. The molecule has 0 saturated heterocycles. The van der Waals surface area contributed by atoms with E-state index in [9.17, 15) is 4.79 Å². The molecule has 0 aliphatic carbocycles. The van der Waals surface area contributed by atoms with E-state index in [1.165, 1.54) is 0 Å². The predicted molar refractivity (Wildman–Crippen MR) is 35.0 cm³/mol. The number of hydrazone groups is 1. The second-order valence-electron chi connectivity index (χ2n) is 2.84. The molecule has 1 N–H and O–H groups in total. The maximum atomic E-state index is 10.9.